The van der Waals surface area contributed by atoms with Crippen molar-refractivity contribution in [3.63, 3.8) is 0 Å². The molecule has 0 saturated heterocycles. The van der Waals surface area contributed by atoms with Crippen molar-refractivity contribution in [2.24, 2.45) is 16.7 Å². The number of aromatic nitrogens is 2. The third-order valence-corrected chi connectivity index (χ3v) is 5.89. The largest absolute Gasteiger partial charge is 0.334 e. The van der Waals surface area contributed by atoms with Crippen LogP contribution in [0.15, 0.2) is 12.4 Å². The van der Waals surface area contributed by atoms with Crippen LogP contribution in [-0.4, -0.2) is 22.1 Å². The molecule has 3 atom stereocenters. The predicted octanol–water partition coefficient (Wildman–Crippen LogP) is 3.00. The molecule has 3 unspecified atom stereocenters. The van der Waals surface area contributed by atoms with Gasteiger partial charge in [0, 0.05) is 31.5 Å². The molecule has 1 aromatic heterocycles. The first-order valence-corrected chi connectivity index (χ1v) is 7.65. The molecule has 1 N–H and O–H groups in total. The highest BCUT2D eigenvalue weighted by Gasteiger charge is 2.58. The minimum absolute atomic E-state index is 0.455. The topological polar surface area (TPSA) is 29.9 Å². The quantitative estimate of drug-likeness (QED) is 0.903. The lowest BCUT2D eigenvalue weighted by molar-refractivity contribution is 0.108. The smallest absolute Gasteiger partial charge is 0.105 e. The van der Waals surface area contributed by atoms with E-state index in [1.165, 1.54) is 19.3 Å². The van der Waals surface area contributed by atoms with E-state index in [0.717, 1.165) is 24.8 Å². The maximum atomic E-state index is 4.28. The van der Waals surface area contributed by atoms with Gasteiger partial charge in [0.05, 0.1) is 0 Å². The molecule has 0 spiro atoms. The second-order valence-corrected chi connectivity index (χ2v) is 7.47. The van der Waals surface area contributed by atoms with E-state index < -0.39 is 0 Å². The summed E-state index contributed by atoms with van der Waals surface area (Å²) in [5.74, 6) is 2.03. The zero-order valence-corrected chi connectivity index (χ0v) is 12.7. The summed E-state index contributed by atoms with van der Waals surface area (Å²) in [6.45, 7) is 11.6. The number of nitrogens with one attached hydrogen (secondary N) is 1. The van der Waals surface area contributed by atoms with Gasteiger partial charge in [-0.3, -0.25) is 0 Å². The minimum atomic E-state index is 0.455. The van der Waals surface area contributed by atoms with Crippen LogP contribution in [0.25, 0.3) is 0 Å². The van der Waals surface area contributed by atoms with Crippen molar-refractivity contribution in [1.82, 2.24) is 14.9 Å². The number of hydrogen-bond donors (Lipinski definition) is 1. The normalized spacial score (nSPS) is 36.0. The SMILES string of the molecule is Cc1nccn1CCNC1C2(C)CCC(C2)C1(C)C. The van der Waals surface area contributed by atoms with E-state index in [-0.39, 0.29) is 0 Å². The third kappa shape index (κ3) is 2.03. The minimum Gasteiger partial charge on any atom is -0.334 e. The van der Waals surface area contributed by atoms with Crippen molar-refractivity contribution in [2.75, 3.05) is 6.54 Å². The Labute approximate surface area is 116 Å². The van der Waals surface area contributed by atoms with E-state index >= 15 is 0 Å². The maximum absolute atomic E-state index is 4.28. The van der Waals surface area contributed by atoms with Crippen LogP contribution in [-0.2, 0) is 6.54 Å². The van der Waals surface area contributed by atoms with E-state index in [9.17, 15) is 0 Å². The molecule has 19 heavy (non-hydrogen) atoms. The van der Waals surface area contributed by atoms with Crippen molar-refractivity contribution in [1.29, 1.82) is 0 Å². The van der Waals surface area contributed by atoms with Gasteiger partial charge < -0.3 is 9.88 Å². The molecule has 2 bridgehead atoms. The van der Waals surface area contributed by atoms with Crippen LogP contribution in [0, 0.1) is 23.7 Å². The molecule has 1 aromatic rings. The van der Waals surface area contributed by atoms with Crippen LogP contribution >= 0.6 is 0 Å². The zero-order chi connectivity index (χ0) is 13.7. The summed E-state index contributed by atoms with van der Waals surface area (Å²) >= 11 is 0. The summed E-state index contributed by atoms with van der Waals surface area (Å²) in [6.07, 6.45) is 8.22. The summed E-state index contributed by atoms with van der Waals surface area (Å²) in [7, 11) is 0. The third-order valence-electron chi connectivity index (χ3n) is 5.89. The van der Waals surface area contributed by atoms with Crippen LogP contribution < -0.4 is 5.32 Å². The van der Waals surface area contributed by atoms with Crippen LogP contribution in [0.2, 0.25) is 0 Å². The van der Waals surface area contributed by atoms with Crippen LogP contribution in [0.5, 0.6) is 0 Å². The molecule has 0 aromatic carbocycles. The lowest BCUT2D eigenvalue weighted by Crippen LogP contribution is -2.51. The van der Waals surface area contributed by atoms with Gasteiger partial charge in [0.25, 0.3) is 0 Å². The fourth-order valence-corrected chi connectivity index (χ4v) is 4.78. The van der Waals surface area contributed by atoms with Crippen molar-refractivity contribution < 1.29 is 0 Å². The highest BCUT2D eigenvalue weighted by Crippen LogP contribution is 2.62. The van der Waals surface area contributed by atoms with Crippen LogP contribution in [0.3, 0.4) is 0 Å². The molecule has 2 aliphatic rings. The summed E-state index contributed by atoms with van der Waals surface area (Å²) in [6, 6.07) is 0.669. The first kappa shape index (κ1) is 13.2. The maximum Gasteiger partial charge on any atom is 0.105 e. The fourth-order valence-electron chi connectivity index (χ4n) is 4.78. The van der Waals surface area contributed by atoms with Gasteiger partial charge in [0.1, 0.15) is 5.82 Å². The standard InChI is InChI=1S/C16H27N3/c1-12-17-7-9-19(12)10-8-18-14-15(2,3)13-5-6-16(14,4)11-13/h7,9,13-14,18H,5-6,8,10-11H2,1-4H3. The van der Waals surface area contributed by atoms with Crippen molar-refractivity contribution >= 4 is 0 Å². The molecule has 0 aliphatic heterocycles. The number of rotatable bonds is 4. The van der Waals surface area contributed by atoms with Gasteiger partial charge in [-0.2, -0.15) is 0 Å². The second kappa shape index (κ2) is 4.34. The summed E-state index contributed by atoms with van der Waals surface area (Å²) in [5, 5.41) is 3.86. The predicted molar refractivity (Wildman–Crippen MR) is 78.0 cm³/mol. The van der Waals surface area contributed by atoms with Gasteiger partial charge in [0.2, 0.25) is 0 Å². The Kier molecular flexibility index (Phi) is 3.01. The second-order valence-electron chi connectivity index (χ2n) is 7.47. The van der Waals surface area contributed by atoms with E-state index in [1.54, 1.807) is 0 Å². The lowest BCUT2D eigenvalue weighted by Gasteiger charge is -2.43. The monoisotopic (exact) mass is 261 g/mol. The Morgan fingerprint density at radius 1 is 1.42 bits per heavy atom. The number of hydrogen-bond acceptors (Lipinski definition) is 2. The molecule has 1 heterocycles. The fraction of sp³-hybridized carbons (Fsp3) is 0.812. The molecular weight excluding hydrogens is 234 g/mol. The molecule has 3 nitrogen and oxygen atoms in total. The summed E-state index contributed by atoms with van der Waals surface area (Å²) in [4.78, 5) is 4.28. The highest BCUT2D eigenvalue weighted by molar-refractivity contribution is 5.12. The van der Waals surface area contributed by atoms with Gasteiger partial charge in [-0.1, -0.05) is 20.8 Å². The number of fused-ring (bicyclic) bond motifs is 2. The van der Waals surface area contributed by atoms with Gasteiger partial charge in [-0.15, -0.1) is 0 Å². The molecule has 0 amide bonds. The Morgan fingerprint density at radius 3 is 2.79 bits per heavy atom. The van der Waals surface area contributed by atoms with Crippen LogP contribution in [0.1, 0.15) is 45.9 Å². The number of imidazole rings is 1. The van der Waals surface area contributed by atoms with Gasteiger partial charge in [-0.05, 0) is 42.9 Å². The summed E-state index contributed by atoms with van der Waals surface area (Å²) in [5.41, 5.74) is 0.981. The Bertz CT molecular complexity index is 458. The zero-order valence-electron chi connectivity index (χ0n) is 12.7. The van der Waals surface area contributed by atoms with E-state index in [0.29, 0.717) is 16.9 Å². The first-order valence-electron chi connectivity index (χ1n) is 7.65. The van der Waals surface area contributed by atoms with Gasteiger partial charge in [-0.25, -0.2) is 4.98 Å². The first-order chi connectivity index (χ1) is 8.93. The average molecular weight is 261 g/mol. The summed E-state index contributed by atoms with van der Waals surface area (Å²) < 4.78 is 2.23. The molecule has 2 aliphatic carbocycles. The lowest BCUT2D eigenvalue weighted by atomic mass is 9.68. The van der Waals surface area contributed by atoms with E-state index in [1.807, 2.05) is 6.20 Å². The van der Waals surface area contributed by atoms with Crippen molar-refractivity contribution in [3.05, 3.63) is 18.2 Å². The number of nitrogens with zero attached hydrogens (tertiary/aromatic N) is 2. The molecule has 106 valence electrons. The number of aryl methyl sites for hydroxylation is 1. The van der Waals surface area contributed by atoms with Gasteiger partial charge >= 0.3 is 0 Å². The van der Waals surface area contributed by atoms with Crippen molar-refractivity contribution in [3.8, 4) is 0 Å². The van der Waals surface area contributed by atoms with E-state index in [4.69, 9.17) is 0 Å². The molecular formula is C16H27N3. The molecule has 3 rings (SSSR count). The average Bonchev–Trinajstić information content (AvgIpc) is 2.95. The molecule has 2 saturated carbocycles. The van der Waals surface area contributed by atoms with Crippen LogP contribution in [0.4, 0.5) is 0 Å². The highest BCUT2D eigenvalue weighted by atomic mass is 15.1. The molecule has 3 heteroatoms. The Hall–Kier alpha value is -0.830. The van der Waals surface area contributed by atoms with Gasteiger partial charge in [0.15, 0.2) is 0 Å². The Morgan fingerprint density at radius 2 is 2.21 bits per heavy atom. The Balaban J connectivity index is 1.62. The van der Waals surface area contributed by atoms with Crippen molar-refractivity contribution in [2.45, 2.75) is 59.5 Å². The molecule has 2 fully saturated rings. The molecule has 0 radical (unpaired) electrons. The van der Waals surface area contributed by atoms with E-state index in [2.05, 4.69) is 48.8 Å².